The number of carbonyl (C=O) groups excluding carboxylic acids is 2. The van der Waals surface area contributed by atoms with Crippen LogP contribution in [0.5, 0.6) is 0 Å². The monoisotopic (exact) mass is 313 g/mol. The molecule has 2 N–H and O–H groups in total. The van der Waals surface area contributed by atoms with E-state index in [1.54, 1.807) is 0 Å². The lowest BCUT2D eigenvalue weighted by atomic mass is 9.95. The van der Waals surface area contributed by atoms with Crippen LogP contribution in [-0.4, -0.2) is 61.1 Å². The third-order valence-corrected chi connectivity index (χ3v) is 4.49. The van der Waals surface area contributed by atoms with Gasteiger partial charge in [0.15, 0.2) is 0 Å². The molecule has 2 atom stereocenters. The Bertz CT molecular complexity index is 381. The predicted molar refractivity (Wildman–Crippen MR) is 86.5 cm³/mol. The van der Waals surface area contributed by atoms with Gasteiger partial charge >= 0.3 is 0 Å². The molecule has 128 valence electrons. The Balaban J connectivity index is 2.63. The first-order valence-electron chi connectivity index (χ1n) is 8.17. The van der Waals surface area contributed by atoms with Crippen molar-refractivity contribution < 1.29 is 14.3 Å². The number of hydrogen-bond acceptors (Lipinski definition) is 4. The zero-order valence-corrected chi connectivity index (χ0v) is 14.6. The maximum absolute atomic E-state index is 12.4. The molecule has 6 nitrogen and oxygen atoms in total. The first-order chi connectivity index (χ1) is 10.3. The quantitative estimate of drug-likeness (QED) is 0.728. The van der Waals surface area contributed by atoms with Crippen LogP contribution in [0.1, 0.15) is 41.0 Å². The van der Waals surface area contributed by atoms with E-state index in [2.05, 4.69) is 29.4 Å². The molecule has 0 aliphatic carbocycles. The average molecular weight is 313 g/mol. The highest BCUT2D eigenvalue weighted by Crippen LogP contribution is 2.20. The Morgan fingerprint density at radius 1 is 1.27 bits per heavy atom. The third kappa shape index (κ3) is 5.25. The van der Waals surface area contributed by atoms with Crippen molar-refractivity contribution in [1.82, 2.24) is 15.5 Å². The summed E-state index contributed by atoms with van der Waals surface area (Å²) < 4.78 is 5.40. The smallest absolute Gasteiger partial charge is 0.242 e. The van der Waals surface area contributed by atoms with Gasteiger partial charge in [-0.15, -0.1) is 0 Å². The van der Waals surface area contributed by atoms with E-state index in [1.165, 1.54) is 6.92 Å². The Hall–Kier alpha value is -1.14. The summed E-state index contributed by atoms with van der Waals surface area (Å²) in [6.07, 6.45) is 0.944. The highest BCUT2D eigenvalue weighted by Gasteiger charge is 2.33. The zero-order valence-electron chi connectivity index (χ0n) is 14.6. The standard InChI is InChI=1S/C16H31N3O3/c1-6-16(5,19-7-9-22-10-8-19)11-17-15(21)14(12(2)3)18-13(4)20/h12,14H,6-11H2,1-5H3,(H,17,21)(H,18,20)/t14-,16+/m0/s1. The molecule has 0 spiro atoms. The van der Waals surface area contributed by atoms with Crippen LogP contribution >= 0.6 is 0 Å². The van der Waals surface area contributed by atoms with Gasteiger partial charge in [-0.2, -0.15) is 0 Å². The third-order valence-electron chi connectivity index (χ3n) is 4.49. The molecule has 1 fully saturated rings. The minimum absolute atomic E-state index is 0.0557. The SMILES string of the molecule is CC[C@](C)(CNC(=O)[C@@H](NC(C)=O)C(C)C)N1CCOCC1. The second-order valence-electron chi connectivity index (χ2n) is 6.59. The number of nitrogens with zero attached hydrogens (tertiary/aromatic N) is 1. The normalized spacial score (nSPS) is 20.3. The lowest BCUT2D eigenvalue weighted by molar-refractivity contribution is -0.129. The molecular weight excluding hydrogens is 282 g/mol. The van der Waals surface area contributed by atoms with Crippen LogP contribution in [0.25, 0.3) is 0 Å². The minimum atomic E-state index is -0.483. The molecule has 0 aromatic heterocycles. The van der Waals surface area contributed by atoms with Crippen molar-refractivity contribution in [2.45, 2.75) is 52.6 Å². The lowest BCUT2D eigenvalue weighted by Crippen LogP contribution is -2.59. The van der Waals surface area contributed by atoms with Gasteiger partial charge in [0.1, 0.15) is 6.04 Å². The number of amides is 2. The molecule has 1 saturated heterocycles. The molecule has 0 aromatic rings. The largest absolute Gasteiger partial charge is 0.379 e. The van der Waals surface area contributed by atoms with Gasteiger partial charge in [0.2, 0.25) is 11.8 Å². The molecule has 6 heteroatoms. The van der Waals surface area contributed by atoms with Gasteiger partial charge in [0.25, 0.3) is 0 Å². The average Bonchev–Trinajstić information content (AvgIpc) is 2.50. The summed E-state index contributed by atoms with van der Waals surface area (Å²) >= 11 is 0. The second kappa shape index (κ2) is 8.48. The summed E-state index contributed by atoms with van der Waals surface area (Å²) in [6, 6.07) is -0.483. The number of nitrogens with one attached hydrogen (secondary N) is 2. The molecule has 0 aromatic carbocycles. The van der Waals surface area contributed by atoms with Crippen molar-refractivity contribution in [2.75, 3.05) is 32.8 Å². The van der Waals surface area contributed by atoms with Crippen molar-refractivity contribution in [3.05, 3.63) is 0 Å². The lowest BCUT2D eigenvalue weighted by Gasteiger charge is -2.43. The summed E-state index contributed by atoms with van der Waals surface area (Å²) in [7, 11) is 0. The summed E-state index contributed by atoms with van der Waals surface area (Å²) in [5.74, 6) is -0.237. The van der Waals surface area contributed by atoms with E-state index >= 15 is 0 Å². The molecule has 1 aliphatic heterocycles. The number of morpholine rings is 1. The number of hydrogen-bond donors (Lipinski definition) is 2. The summed E-state index contributed by atoms with van der Waals surface area (Å²) in [6.45, 7) is 13.4. The number of carbonyl (C=O) groups is 2. The molecular formula is C16H31N3O3. The van der Waals surface area contributed by atoms with Gasteiger partial charge in [0.05, 0.1) is 13.2 Å². The van der Waals surface area contributed by atoms with Crippen LogP contribution in [0.3, 0.4) is 0 Å². The molecule has 1 heterocycles. The molecule has 1 rings (SSSR count). The fraction of sp³-hybridized carbons (Fsp3) is 0.875. The van der Waals surface area contributed by atoms with Crippen LogP contribution in [-0.2, 0) is 14.3 Å². The van der Waals surface area contributed by atoms with Crippen molar-refractivity contribution >= 4 is 11.8 Å². The van der Waals surface area contributed by atoms with Gasteiger partial charge < -0.3 is 15.4 Å². The summed E-state index contributed by atoms with van der Waals surface area (Å²) in [4.78, 5) is 26.0. The Morgan fingerprint density at radius 2 is 1.86 bits per heavy atom. The second-order valence-corrected chi connectivity index (χ2v) is 6.59. The van der Waals surface area contributed by atoms with Crippen molar-refractivity contribution in [3.8, 4) is 0 Å². The highest BCUT2D eigenvalue weighted by molar-refractivity contribution is 5.87. The number of rotatable bonds is 7. The van der Waals surface area contributed by atoms with E-state index < -0.39 is 6.04 Å². The van der Waals surface area contributed by atoms with E-state index in [1.807, 2.05) is 13.8 Å². The Labute approximate surface area is 134 Å². The summed E-state index contributed by atoms with van der Waals surface area (Å²) in [5, 5.41) is 5.75. The zero-order chi connectivity index (χ0) is 16.8. The fourth-order valence-electron chi connectivity index (χ4n) is 2.71. The molecule has 1 aliphatic rings. The Kier molecular flexibility index (Phi) is 7.29. The molecule has 0 radical (unpaired) electrons. The highest BCUT2D eigenvalue weighted by atomic mass is 16.5. The van der Waals surface area contributed by atoms with E-state index in [0.717, 1.165) is 32.7 Å². The predicted octanol–water partition coefficient (Wildman–Crippen LogP) is 0.764. The molecule has 0 bridgehead atoms. The van der Waals surface area contributed by atoms with Crippen molar-refractivity contribution in [3.63, 3.8) is 0 Å². The van der Waals surface area contributed by atoms with Gasteiger partial charge in [-0.1, -0.05) is 20.8 Å². The van der Waals surface area contributed by atoms with Crippen molar-refractivity contribution in [2.24, 2.45) is 5.92 Å². The fourth-order valence-corrected chi connectivity index (χ4v) is 2.71. The van der Waals surface area contributed by atoms with Crippen LogP contribution in [0.4, 0.5) is 0 Å². The first kappa shape index (κ1) is 18.9. The maximum Gasteiger partial charge on any atom is 0.242 e. The van der Waals surface area contributed by atoms with Crippen LogP contribution < -0.4 is 10.6 Å². The Morgan fingerprint density at radius 3 is 2.32 bits per heavy atom. The maximum atomic E-state index is 12.4. The van der Waals surface area contributed by atoms with Crippen LogP contribution in [0, 0.1) is 5.92 Å². The van der Waals surface area contributed by atoms with Gasteiger partial charge in [-0.3, -0.25) is 14.5 Å². The molecule has 22 heavy (non-hydrogen) atoms. The number of ether oxygens (including phenoxy) is 1. The van der Waals surface area contributed by atoms with Crippen molar-refractivity contribution in [1.29, 1.82) is 0 Å². The van der Waals surface area contributed by atoms with E-state index in [4.69, 9.17) is 4.74 Å². The van der Waals surface area contributed by atoms with E-state index in [0.29, 0.717) is 6.54 Å². The van der Waals surface area contributed by atoms with Gasteiger partial charge in [-0.25, -0.2) is 0 Å². The van der Waals surface area contributed by atoms with Crippen LogP contribution in [0.2, 0.25) is 0 Å². The van der Waals surface area contributed by atoms with E-state index in [-0.39, 0.29) is 23.3 Å². The minimum Gasteiger partial charge on any atom is -0.379 e. The molecule has 0 unspecified atom stereocenters. The van der Waals surface area contributed by atoms with Crippen LogP contribution in [0.15, 0.2) is 0 Å². The summed E-state index contributed by atoms with van der Waals surface area (Å²) in [5.41, 5.74) is -0.0861. The van der Waals surface area contributed by atoms with Gasteiger partial charge in [-0.05, 0) is 19.3 Å². The molecule has 2 amide bonds. The van der Waals surface area contributed by atoms with Gasteiger partial charge in [0, 0.05) is 32.1 Å². The van der Waals surface area contributed by atoms with E-state index in [9.17, 15) is 9.59 Å². The topological polar surface area (TPSA) is 70.7 Å². The molecule has 0 saturated carbocycles. The first-order valence-corrected chi connectivity index (χ1v) is 8.17.